The van der Waals surface area contributed by atoms with Crippen molar-refractivity contribution in [2.45, 2.75) is 6.42 Å². The summed E-state index contributed by atoms with van der Waals surface area (Å²) < 4.78 is 5.13. The Bertz CT molecular complexity index is 517. The van der Waals surface area contributed by atoms with Gasteiger partial charge in [0.2, 0.25) is 0 Å². The normalized spacial score (nSPS) is 18.4. The number of amides is 1. The van der Waals surface area contributed by atoms with Crippen molar-refractivity contribution < 1.29 is 19.4 Å². The van der Waals surface area contributed by atoms with Gasteiger partial charge in [-0.1, -0.05) is 17.7 Å². The average molecular weight is 284 g/mol. The van der Waals surface area contributed by atoms with E-state index in [1.807, 2.05) is 0 Å². The van der Waals surface area contributed by atoms with Crippen LogP contribution in [-0.2, 0) is 4.79 Å². The van der Waals surface area contributed by atoms with Crippen LogP contribution in [0.5, 0.6) is 5.75 Å². The molecule has 1 fully saturated rings. The first-order valence-electron chi connectivity index (χ1n) is 5.89. The molecule has 19 heavy (non-hydrogen) atoms. The molecule has 1 aromatic rings. The highest BCUT2D eigenvalue weighted by atomic mass is 35.5. The summed E-state index contributed by atoms with van der Waals surface area (Å²) in [6.45, 7) is 0.632. The maximum Gasteiger partial charge on any atom is 0.308 e. The molecule has 102 valence electrons. The minimum Gasteiger partial charge on any atom is -0.496 e. The van der Waals surface area contributed by atoms with Gasteiger partial charge in [0.15, 0.2) is 0 Å². The lowest BCUT2D eigenvalue weighted by Gasteiger charge is -2.18. The average Bonchev–Trinajstić information content (AvgIpc) is 2.87. The van der Waals surface area contributed by atoms with Gasteiger partial charge < -0.3 is 14.7 Å². The topological polar surface area (TPSA) is 66.8 Å². The van der Waals surface area contributed by atoms with Crippen LogP contribution in [0.1, 0.15) is 16.8 Å². The Morgan fingerprint density at radius 1 is 1.47 bits per heavy atom. The van der Waals surface area contributed by atoms with Gasteiger partial charge in [-0.25, -0.2) is 0 Å². The van der Waals surface area contributed by atoms with E-state index in [9.17, 15) is 9.59 Å². The van der Waals surface area contributed by atoms with Crippen LogP contribution in [-0.4, -0.2) is 42.1 Å². The van der Waals surface area contributed by atoms with Gasteiger partial charge in [0.1, 0.15) is 11.3 Å². The Morgan fingerprint density at radius 3 is 2.79 bits per heavy atom. The molecule has 0 spiro atoms. The number of carboxylic acids is 1. The third-order valence-corrected chi connectivity index (χ3v) is 3.55. The first-order chi connectivity index (χ1) is 9.04. The molecule has 5 nitrogen and oxygen atoms in total. The zero-order chi connectivity index (χ0) is 14.0. The zero-order valence-electron chi connectivity index (χ0n) is 10.4. The van der Waals surface area contributed by atoms with E-state index in [1.165, 1.54) is 12.0 Å². The number of carbonyl (C=O) groups excluding carboxylic acids is 1. The highest BCUT2D eigenvalue weighted by molar-refractivity contribution is 6.34. The number of carboxylic acid groups (broad SMARTS) is 1. The Morgan fingerprint density at radius 2 is 2.21 bits per heavy atom. The predicted octanol–water partition coefficient (Wildman–Crippen LogP) is 1.90. The molecular formula is C13H14ClNO4. The minimum absolute atomic E-state index is 0.211. The summed E-state index contributed by atoms with van der Waals surface area (Å²) >= 11 is 6.04. The van der Waals surface area contributed by atoms with Gasteiger partial charge in [0.05, 0.1) is 18.1 Å². The van der Waals surface area contributed by atoms with Gasteiger partial charge in [-0.2, -0.15) is 0 Å². The standard InChI is InChI=1S/C13H14ClNO4/c1-19-10-4-2-3-9(14)11(10)12(16)15-6-5-8(7-15)13(17)18/h2-4,8H,5-7H2,1H3,(H,17,18). The van der Waals surface area contributed by atoms with Gasteiger partial charge in [-0.05, 0) is 18.6 Å². The van der Waals surface area contributed by atoms with E-state index in [1.54, 1.807) is 18.2 Å². The van der Waals surface area contributed by atoms with E-state index in [2.05, 4.69) is 0 Å². The van der Waals surface area contributed by atoms with Gasteiger partial charge in [-0.3, -0.25) is 9.59 Å². The van der Waals surface area contributed by atoms with E-state index in [0.29, 0.717) is 23.7 Å². The largest absolute Gasteiger partial charge is 0.496 e. The second-order valence-corrected chi connectivity index (χ2v) is 4.80. The lowest BCUT2D eigenvalue weighted by atomic mass is 10.1. The quantitative estimate of drug-likeness (QED) is 0.920. The predicted molar refractivity (Wildman–Crippen MR) is 69.7 cm³/mol. The van der Waals surface area contributed by atoms with Crippen LogP contribution in [0.3, 0.4) is 0 Å². The lowest BCUT2D eigenvalue weighted by molar-refractivity contribution is -0.141. The van der Waals surface area contributed by atoms with E-state index in [-0.39, 0.29) is 18.0 Å². The Kier molecular flexibility index (Phi) is 3.95. The second kappa shape index (κ2) is 5.48. The van der Waals surface area contributed by atoms with Crippen molar-refractivity contribution in [3.63, 3.8) is 0 Å². The first-order valence-corrected chi connectivity index (χ1v) is 6.27. The smallest absolute Gasteiger partial charge is 0.308 e. The van der Waals surface area contributed by atoms with Crippen LogP contribution >= 0.6 is 11.6 Å². The van der Waals surface area contributed by atoms with Crippen LogP contribution in [0.15, 0.2) is 18.2 Å². The van der Waals surface area contributed by atoms with Crippen molar-refractivity contribution in [2.24, 2.45) is 5.92 Å². The summed E-state index contributed by atoms with van der Waals surface area (Å²) in [7, 11) is 1.46. The number of halogens is 1. The Balaban J connectivity index is 2.24. The summed E-state index contributed by atoms with van der Waals surface area (Å²) in [4.78, 5) is 24.8. The monoisotopic (exact) mass is 283 g/mol. The molecule has 2 rings (SSSR count). The molecular weight excluding hydrogens is 270 g/mol. The van der Waals surface area contributed by atoms with Gasteiger partial charge >= 0.3 is 5.97 Å². The third kappa shape index (κ3) is 2.66. The van der Waals surface area contributed by atoms with Crippen molar-refractivity contribution in [2.75, 3.05) is 20.2 Å². The molecule has 0 aromatic heterocycles. The van der Waals surface area contributed by atoms with Crippen molar-refractivity contribution in [3.8, 4) is 5.75 Å². The molecule has 1 amide bonds. The fraction of sp³-hybridized carbons (Fsp3) is 0.385. The number of hydrogen-bond acceptors (Lipinski definition) is 3. The summed E-state index contributed by atoms with van der Waals surface area (Å²) in [5, 5.41) is 9.26. The molecule has 1 saturated heterocycles. The van der Waals surface area contributed by atoms with E-state index < -0.39 is 11.9 Å². The second-order valence-electron chi connectivity index (χ2n) is 4.39. The number of hydrogen-bond donors (Lipinski definition) is 1. The number of rotatable bonds is 3. The first kappa shape index (κ1) is 13.7. The highest BCUT2D eigenvalue weighted by Gasteiger charge is 2.33. The number of nitrogens with zero attached hydrogens (tertiary/aromatic N) is 1. The van der Waals surface area contributed by atoms with Crippen LogP contribution < -0.4 is 4.74 Å². The highest BCUT2D eigenvalue weighted by Crippen LogP contribution is 2.29. The number of benzene rings is 1. The Hall–Kier alpha value is -1.75. The fourth-order valence-electron chi connectivity index (χ4n) is 2.19. The molecule has 0 radical (unpaired) electrons. The van der Waals surface area contributed by atoms with Crippen LogP contribution in [0, 0.1) is 5.92 Å². The number of methoxy groups -OCH3 is 1. The van der Waals surface area contributed by atoms with Gasteiger partial charge in [-0.15, -0.1) is 0 Å². The zero-order valence-corrected chi connectivity index (χ0v) is 11.2. The molecule has 1 unspecified atom stereocenters. The summed E-state index contributed by atoms with van der Waals surface area (Å²) in [6.07, 6.45) is 0.466. The minimum atomic E-state index is -0.874. The number of carbonyl (C=O) groups is 2. The van der Waals surface area contributed by atoms with Crippen LogP contribution in [0.2, 0.25) is 5.02 Å². The van der Waals surface area contributed by atoms with E-state index >= 15 is 0 Å². The number of aliphatic carboxylic acids is 1. The van der Waals surface area contributed by atoms with Crippen molar-refractivity contribution in [1.82, 2.24) is 4.90 Å². The number of ether oxygens (including phenoxy) is 1. The lowest BCUT2D eigenvalue weighted by Crippen LogP contribution is -2.30. The molecule has 1 aromatic carbocycles. The molecule has 0 bridgehead atoms. The van der Waals surface area contributed by atoms with Crippen molar-refractivity contribution in [3.05, 3.63) is 28.8 Å². The van der Waals surface area contributed by atoms with Crippen molar-refractivity contribution in [1.29, 1.82) is 0 Å². The Labute approximate surface area is 115 Å². The summed E-state index contributed by atoms with van der Waals surface area (Å²) in [5.74, 6) is -1.26. The molecule has 1 heterocycles. The van der Waals surface area contributed by atoms with Gasteiger partial charge in [0, 0.05) is 13.1 Å². The molecule has 1 atom stereocenters. The third-order valence-electron chi connectivity index (χ3n) is 3.23. The van der Waals surface area contributed by atoms with Crippen LogP contribution in [0.4, 0.5) is 0 Å². The fourth-order valence-corrected chi connectivity index (χ4v) is 2.43. The van der Waals surface area contributed by atoms with E-state index in [4.69, 9.17) is 21.4 Å². The molecule has 1 aliphatic heterocycles. The molecule has 1 N–H and O–H groups in total. The molecule has 1 aliphatic rings. The molecule has 0 aliphatic carbocycles. The molecule has 0 saturated carbocycles. The summed E-state index contributed by atoms with van der Waals surface area (Å²) in [6, 6.07) is 4.97. The van der Waals surface area contributed by atoms with Gasteiger partial charge in [0.25, 0.3) is 5.91 Å². The summed E-state index contributed by atoms with van der Waals surface area (Å²) in [5.41, 5.74) is 0.290. The van der Waals surface area contributed by atoms with Crippen molar-refractivity contribution >= 4 is 23.5 Å². The van der Waals surface area contributed by atoms with Crippen LogP contribution in [0.25, 0.3) is 0 Å². The van der Waals surface area contributed by atoms with E-state index in [0.717, 1.165) is 0 Å². The number of likely N-dealkylation sites (tertiary alicyclic amines) is 1. The maximum absolute atomic E-state index is 12.4. The maximum atomic E-state index is 12.4. The SMILES string of the molecule is COc1cccc(Cl)c1C(=O)N1CCC(C(=O)O)C1. The molecule has 6 heteroatoms.